The molecule has 0 bridgehead atoms. The SMILES string of the molecule is COc1cccc(OC)c1-n1c(NS(=O)(=O)CCc2ncc(Cl)cc2-c2cccnc2)nnc1-c1ccco1. The molecule has 0 fully saturated rings. The molecule has 4 aromatic heterocycles. The molecule has 200 valence electrons. The molecule has 1 N–H and O–H groups in total. The van der Waals surface area contributed by atoms with Crippen molar-refractivity contribution in [2.75, 3.05) is 24.7 Å². The molecule has 0 aliphatic carbocycles. The van der Waals surface area contributed by atoms with Gasteiger partial charge in [0.25, 0.3) is 0 Å². The number of anilines is 1. The van der Waals surface area contributed by atoms with Crippen molar-refractivity contribution in [3.05, 3.63) is 84.1 Å². The quantitative estimate of drug-likeness (QED) is 0.256. The molecular weight excluding hydrogens is 544 g/mol. The molecule has 13 heteroatoms. The maximum absolute atomic E-state index is 13.3. The number of aryl methyl sites for hydroxylation is 1. The predicted octanol–water partition coefficient (Wildman–Crippen LogP) is 4.64. The molecule has 4 heterocycles. The summed E-state index contributed by atoms with van der Waals surface area (Å²) in [5.74, 6) is 1.08. The first-order chi connectivity index (χ1) is 18.9. The minimum atomic E-state index is -3.94. The van der Waals surface area contributed by atoms with Gasteiger partial charge in [-0.15, -0.1) is 10.2 Å². The van der Waals surface area contributed by atoms with Gasteiger partial charge in [-0.2, -0.15) is 0 Å². The molecule has 1 aromatic carbocycles. The molecule has 0 aliphatic rings. The molecule has 0 amide bonds. The zero-order valence-electron chi connectivity index (χ0n) is 20.9. The molecular formula is C26H23ClN6O5S. The van der Waals surface area contributed by atoms with Crippen LogP contribution in [0, 0.1) is 0 Å². The molecule has 0 unspecified atom stereocenters. The predicted molar refractivity (Wildman–Crippen MR) is 146 cm³/mol. The number of ether oxygens (including phenoxy) is 2. The third kappa shape index (κ3) is 5.56. The summed E-state index contributed by atoms with van der Waals surface area (Å²) in [6, 6.07) is 13.9. The highest BCUT2D eigenvalue weighted by molar-refractivity contribution is 7.92. The van der Waals surface area contributed by atoms with E-state index in [0.717, 1.165) is 5.56 Å². The Morgan fingerprint density at radius 2 is 1.82 bits per heavy atom. The fraction of sp³-hybridized carbons (Fsp3) is 0.154. The van der Waals surface area contributed by atoms with Crippen LogP contribution in [0.25, 0.3) is 28.4 Å². The monoisotopic (exact) mass is 566 g/mol. The Balaban J connectivity index is 1.50. The van der Waals surface area contributed by atoms with Gasteiger partial charge in [0, 0.05) is 41.8 Å². The van der Waals surface area contributed by atoms with Crippen LogP contribution in [0.2, 0.25) is 5.02 Å². The third-order valence-corrected chi connectivity index (χ3v) is 7.24. The van der Waals surface area contributed by atoms with Crippen molar-refractivity contribution in [1.82, 2.24) is 24.7 Å². The summed E-state index contributed by atoms with van der Waals surface area (Å²) < 4.78 is 47.3. The summed E-state index contributed by atoms with van der Waals surface area (Å²) in [5.41, 5.74) is 2.43. The Morgan fingerprint density at radius 1 is 1.03 bits per heavy atom. The number of benzene rings is 1. The normalized spacial score (nSPS) is 11.4. The summed E-state index contributed by atoms with van der Waals surface area (Å²) >= 11 is 6.17. The van der Waals surface area contributed by atoms with E-state index in [0.29, 0.717) is 39.2 Å². The second kappa shape index (κ2) is 11.1. The summed E-state index contributed by atoms with van der Waals surface area (Å²) in [7, 11) is -0.945. The first kappa shape index (κ1) is 26.2. The second-order valence-corrected chi connectivity index (χ2v) is 10.5. The van der Waals surface area contributed by atoms with E-state index in [9.17, 15) is 8.42 Å². The molecule has 0 radical (unpaired) electrons. The lowest BCUT2D eigenvalue weighted by Crippen LogP contribution is -2.21. The van der Waals surface area contributed by atoms with Crippen LogP contribution in [0.15, 0.2) is 77.8 Å². The van der Waals surface area contributed by atoms with E-state index in [1.54, 1.807) is 54.9 Å². The van der Waals surface area contributed by atoms with Gasteiger partial charge in [0.1, 0.15) is 17.2 Å². The average Bonchev–Trinajstić information content (AvgIpc) is 3.62. The minimum Gasteiger partial charge on any atom is -0.494 e. The number of furan rings is 1. The Kier molecular flexibility index (Phi) is 7.48. The van der Waals surface area contributed by atoms with Crippen molar-refractivity contribution in [3.63, 3.8) is 0 Å². The number of sulfonamides is 1. The number of methoxy groups -OCH3 is 2. The van der Waals surface area contributed by atoms with Crippen molar-refractivity contribution >= 4 is 27.6 Å². The number of para-hydroxylation sites is 1. The van der Waals surface area contributed by atoms with Gasteiger partial charge in [0.15, 0.2) is 5.76 Å². The van der Waals surface area contributed by atoms with E-state index in [4.69, 9.17) is 25.5 Å². The van der Waals surface area contributed by atoms with Gasteiger partial charge in [-0.25, -0.2) is 8.42 Å². The number of nitrogens with zero attached hydrogens (tertiary/aromatic N) is 5. The topological polar surface area (TPSA) is 134 Å². The zero-order chi connectivity index (χ0) is 27.4. The molecule has 0 spiro atoms. The number of pyridine rings is 2. The summed E-state index contributed by atoms with van der Waals surface area (Å²) in [4.78, 5) is 8.52. The summed E-state index contributed by atoms with van der Waals surface area (Å²) in [6.45, 7) is 0. The van der Waals surface area contributed by atoms with E-state index in [1.165, 1.54) is 31.2 Å². The molecule has 11 nitrogen and oxygen atoms in total. The van der Waals surface area contributed by atoms with Gasteiger partial charge in [-0.3, -0.25) is 19.3 Å². The number of nitrogens with one attached hydrogen (secondary N) is 1. The first-order valence-electron chi connectivity index (χ1n) is 11.7. The highest BCUT2D eigenvalue weighted by Gasteiger charge is 2.26. The van der Waals surface area contributed by atoms with Crippen molar-refractivity contribution in [2.45, 2.75) is 6.42 Å². The van der Waals surface area contributed by atoms with E-state index in [1.807, 2.05) is 6.07 Å². The highest BCUT2D eigenvalue weighted by atomic mass is 35.5. The van der Waals surface area contributed by atoms with Crippen LogP contribution in [-0.4, -0.2) is 53.1 Å². The Bertz CT molecular complexity index is 1670. The fourth-order valence-electron chi connectivity index (χ4n) is 4.04. The van der Waals surface area contributed by atoms with Crippen LogP contribution >= 0.6 is 11.6 Å². The molecule has 39 heavy (non-hydrogen) atoms. The van der Waals surface area contributed by atoms with E-state index in [-0.39, 0.29) is 23.9 Å². The van der Waals surface area contributed by atoms with E-state index in [2.05, 4.69) is 24.9 Å². The lowest BCUT2D eigenvalue weighted by atomic mass is 10.0. The second-order valence-electron chi connectivity index (χ2n) is 8.23. The van der Waals surface area contributed by atoms with E-state index >= 15 is 0 Å². The molecule has 0 aliphatic heterocycles. The van der Waals surface area contributed by atoms with Crippen molar-refractivity contribution in [3.8, 4) is 39.9 Å². The Morgan fingerprint density at radius 3 is 2.49 bits per heavy atom. The summed E-state index contributed by atoms with van der Waals surface area (Å²) in [6.07, 6.45) is 6.39. The minimum absolute atomic E-state index is 0.0688. The number of hydrogen-bond donors (Lipinski definition) is 1. The highest BCUT2D eigenvalue weighted by Crippen LogP contribution is 2.37. The largest absolute Gasteiger partial charge is 0.494 e. The standard InChI is InChI=1S/C26H23ClN6O5S/c1-36-21-7-3-8-22(37-2)24(21)33-25(23-9-5-12-38-23)30-31-26(33)32-39(34,35)13-10-20-19(14-18(27)16-29-20)17-6-4-11-28-15-17/h3-9,11-12,14-16H,10,13H2,1-2H3,(H,31,32). The molecule has 5 rings (SSSR count). The van der Waals surface area contributed by atoms with Crippen LogP contribution in [0.5, 0.6) is 11.5 Å². The van der Waals surface area contributed by atoms with Crippen LogP contribution in [0.3, 0.4) is 0 Å². The maximum atomic E-state index is 13.3. The lowest BCUT2D eigenvalue weighted by molar-refractivity contribution is 0.391. The summed E-state index contributed by atoms with van der Waals surface area (Å²) in [5, 5.41) is 8.76. The van der Waals surface area contributed by atoms with Crippen molar-refractivity contribution in [1.29, 1.82) is 0 Å². The molecule has 0 saturated carbocycles. The van der Waals surface area contributed by atoms with Gasteiger partial charge >= 0.3 is 0 Å². The zero-order valence-corrected chi connectivity index (χ0v) is 22.5. The van der Waals surface area contributed by atoms with Crippen LogP contribution in [0.4, 0.5) is 5.95 Å². The van der Waals surface area contributed by atoms with E-state index < -0.39 is 10.0 Å². The number of halogens is 1. The van der Waals surface area contributed by atoms with Gasteiger partial charge < -0.3 is 13.9 Å². The smallest absolute Gasteiger partial charge is 0.243 e. The van der Waals surface area contributed by atoms with Crippen LogP contribution in [0.1, 0.15) is 5.69 Å². The lowest BCUT2D eigenvalue weighted by Gasteiger charge is -2.17. The number of rotatable bonds is 10. The number of aromatic nitrogens is 5. The fourth-order valence-corrected chi connectivity index (χ4v) is 5.17. The van der Waals surface area contributed by atoms with Crippen molar-refractivity contribution in [2.24, 2.45) is 0 Å². The third-order valence-electron chi connectivity index (χ3n) is 5.79. The Hall–Kier alpha value is -4.42. The van der Waals surface area contributed by atoms with Crippen molar-refractivity contribution < 1.29 is 22.3 Å². The van der Waals surface area contributed by atoms with Gasteiger partial charge in [0.2, 0.25) is 21.8 Å². The molecule has 0 saturated heterocycles. The molecule has 5 aromatic rings. The first-order valence-corrected chi connectivity index (χ1v) is 13.7. The van der Waals surface area contributed by atoms with Gasteiger partial charge in [-0.1, -0.05) is 23.7 Å². The van der Waals surface area contributed by atoms with Crippen LogP contribution < -0.4 is 14.2 Å². The number of hydrogen-bond acceptors (Lipinski definition) is 9. The van der Waals surface area contributed by atoms with Gasteiger partial charge in [-0.05, 0) is 36.4 Å². The Labute approximate surface area is 229 Å². The average molecular weight is 567 g/mol. The molecule has 0 atom stereocenters. The van der Waals surface area contributed by atoms with Gasteiger partial charge in [0.05, 0.1) is 31.3 Å². The maximum Gasteiger partial charge on any atom is 0.243 e. The van der Waals surface area contributed by atoms with Crippen LogP contribution in [-0.2, 0) is 16.4 Å².